The summed E-state index contributed by atoms with van der Waals surface area (Å²) < 4.78 is 0. The van der Waals surface area contributed by atoms with Gasteiger partial charge in [0.1, 0.15) is 6.04 Å². The van der Waals surface area contributed by atoms with E-state index < -0.39 is 6.04 Å². The quantitative estimate of drug-likeness (QED) is 0.820. The predicted octanol–water partition coefficient (Wildman–Crippen LogP) is 4.09. The number of rotatable bonds is 3. The topological polar surface area (TPSA) is 49.4 Å². The smallest absolute Gasteiger partial charge is 0.254 e. The second-order valence-electron chi connectivity index (χ2n) is 7.98. The zero-order valence-corrected chi connectivity index (χ0v) is 16.3. The molecule has 0 unspecified atom stereocenters. The zero-order valence-electron chi connectivity index (χ0n) is 16.3. The van der Waals surface area contributed by atoms with Crippen molar-refractivity contribution < 1.29 is 9.59 Å². The summed E-state index contributed by atoms with van der Waals surface area (Å²) in [6.45, 7) is 0.479. The number of carbonyl (C=O) groups excluding carboxylic acids is 2. The second kappa shape index (κ2) is 8.59. The first-order valence-corrected chi connectivity index (χ1v) is 10.5. The number of carbonyl (C=O) groups is 2. The minimum Gasteiger partial charge on any atom is -0.352 e. The van der Waals surface area contributed by atoms with Gasteiger partial charge in [0.05, 0.1) is 0 Å². The molecule has 1 N–H and O–H groups in total. The first-order valence-electron chi connectivity index (χ1n) is 10.5. The van der Waals surface area contributed by atoms with Crippen molar-refractivity contribution in [2.45, 2.75) is 63.6 Å². The Kier molecular flexibility index (Phi) is 5.75. The third kappa shape index (κ3) is 4.11. The molecule has 4 heteroatoms. The minimum atomic E-state index is -0.453. The molecule has 1 fully saturated rings. The van der Waals surface area contributed by atoms with Gasteiger partial charge in [0, 0.05) is 24.6 Å². The van der Waals surface area contributed by atoms with Gasteiger partial charge in [-0.25, -0.2) is 0 Å². The van der Waals surface area contributed by atoms with E-state index >= 15 is 0 Å². The van der Waals surface area contributed by atoms with Crippen LogP contribution in [-0.2, 0) is 17.8 Å². The Balaban J connectivity index is 1.58. The van der Waals surface area contributed by atoms with Crippen molar-refractivity contribution in [2.75, 3.05) is 0 Å². The van der Waals surface area contributed by atoms with Crippen molar-refractivity contribution in [2.24, 2.45) is 0 Å². The molecule has 2 aromatic carbocycles. The van der Waals surface area contributed by atoms with Crippen molar-refractivity contribution in [3.8, 4) is 0 Å². The molecule has 2 aliphatic rings. The summed E-state index contributed by atoms with van der Waals surface area (Å²) in [5.41, 5.74) is 2.93. The summed E-state index contributed by atoms with van der Waals surface area (Å²) in [5.74, 6) is -0.0817. The number of fused-ring (bicyclic) bond motifs is 1. The Morgan fingerprint density at radius 1 is 0.821 bits per heavy atom. The molecule has 0 bridgehead atoms. The van der Waals surface area contributed by atoms with Gasteiger partial charge in [-0.2, -0.15) is 0 Å². The Labute approximate surface area is 166 Å². The fourth-order valence-corrected chi connectivity index (χ4v) is 4.44. The van der Waals surface area contributed by atoms with Crippen LogP contribution < -0.4 is 5.32 Å². The molecule has 4 rings (SSSR count). The summed E-state index contributed by atoms with van der Waals surface area (Å²) in [4.78, 5) is 28.2. The van der Waals surface area contributed by atoms with Crippen molar-refractivity contribution in [3.05, 3.63) is 71.3 Å². The van der Waals surface area contributed by atoms with E-state index in [1.165, 1.54) is 31.2 Å². The van der Waals surface area contributed by atoms with Crippen LogP contribution in [-0.4, -0.2) is 28.8 Å². The number of benzene rings is 2. The van der Waals surface area contributed by atoms with Crippen molar-refractivity contribution >= 4 is 11.8 Å². The molecule has 1 heterocycles. The van der Waals surface area contributed by atoms with Gasteiger partial charge in [-0.15, -0.1) is 0 Å². The number of hydrogen-bond donors (Lipinski definition) is 1. The van der Waals surface area contributed by atoms with E-state index in [4.69, 9.17) is 0 Å². The third-order valence-corrected chi connectivity index (χ3v) is 6.03. The second-order valence-corrected chi connectivity index (χ2v) is 7.98. The van der Waals surface area contributed by atoms with Gasteiger partial charge in [-0.05, 0) is 36.1 Å². The molecule has 0 aromatic heterocycles. The van der Waals surface area contributed by atoms with E-state index in [0.29, 0.717) is 18.5 Å². The lowest BCUT2D eigenvalue weighted by Crippen LogP contribution is -2.54. The summed E-state index contributed by atoms with van der Waals surface area (Å²) in [6.07, 6.45) is 7.51. The van der Waals surface area contributed by atoms with Gasteiger partial charge in [0.2, 0.25) is 5.91 Å². The number of nitrogens with zero attached hydrogens (tertiary/aromatic N) is 1. The van der Waals surface area contributed by atoms with E-state index in [9.17, 15) is 9.59 Å². The lowest BCUT2D eigenvalue weighted by atomic mass is 9.92. The third-order valence-electron chi connectivity index (χ3n) is 6.03. The van der Waals surface area contributed by atoms with Crippen LogP contribution in [0.3, 0.4) is 0 Å². The Bertz CT molecular complexity index is 826. The highest BCUT2D eigenvalue weighted by atomic mass is 16.2. The van der Waals surface area contributed by atoms with Crippen LogP contribution in [0.2, 0.25) is 0 Å². The van der Waals surface area contributed by atoms with E-state index in [1.54, 1.807) is 4.90 Å². The van der Waals surface area contributed by atoms with Gasteiger partial charge in [0.15, 0.2) is 0 Å². The molecule has 1 aliphatic heterocycles. The van der Waals surface area contributed by atoms with Gasteiger partial charge in [0.25, 0.3) is 5.91 Å². The Morgan fingerprint density at radius 2 is 1.46 bits per heavy atom. The minimum absolute atomic E-state index is 0.00863. The lowest BCUT2D eigenvalue weighted by Gasteiger charge is -2.37. The van der Waals surface area contributed by atoms with Gasteiger partial charge in [-0.1, -0.05) is 68.1 Å². The molecule has 1 atom stereocenters. The van der Waals surface area contributed by atoms with E-state index in [0.717, 1.165) is 18.4 Å². The van der Waals surface area contributed by atoms with Gasteiger partial charge in [-0.3, -0.25) is 9.59 Å². The fraction of sp³-hybridized carbons (Fsp3) is 0.417. The van der Waals surface area contributed by atoms with Crippen molar-refractivity contribution in [1.29, 1.82) is 0 Å². The summed E-state index contributed by atoms with van der Waals surface area (Å²) in [6, 6.07) is 17.2. The monoisotopic (exact) mass is 376 g/mol. The van der Waals surface area contributed by atoms with Crippen LogP contribution >= 0.6 is 0 Å². The van der Waals surface area contributed by atoms with Crippen LogP contribution in [0.25, 0.3) is 0 Å². The summed E-state index contributed by atoms with van der Waals surface area (Å²) >= 11 is 0. The summed E-state index contributed by atoms with van der Waals surface area (Å²) in [7, 11) is 0. The average Bonchev–Trinajstić information content (AvgIpc) is 3.01. The largest absolute Gasteiger partial charge is 0.352 e. The number of nitrogens with one attached hydrogen (secondary N) is 1. The van der Waals surface area contributed by atoms with Crippen LogP contribution in [0.15, 0.2) is 54.6 Å². The van der Waals surface area contributed by atoms with Crippen molar-refractivity contribution in [3.63, 3.8) is 0 Å². The molecular weight excluding hydrogens is 348 g/mol. The van der Waals surface area contributed by atoms with E-state index in [2.05, 4.69) is 17.4 Å². The first kappa shape index (κ1) is 18.7. The molecule has 2 amide bonds. The predicted molar refractivity (Wildman–Crippen MR) is 110 cm³/mol. The highest BCUT2D eigenvalue weighted by Crippen LogP contribution is 2.26. The maximum atomic E-state index is 13.2. The maximum absolute atomic E-state index is 13.2. The van der Waals surface area contributed by atoms with Crippen LogP contribution in [0.5, 0.6) is 0 Å². The van der Waals surface area contributed by atoms with Crippen LogP contribution in [0.4, 0.5) is 0 Å². The number of amides is 2. The highest BCUT2D eigenvalue weighted by Gasteiger charge is 2.35. The fourth-order valence-electron chi connectivity index (χ4n) is 4.44. The van der Waals surface area contributed by atoms with Gasteiger partial charge < -0.3 is 10.2 Å². The zero-order chi connectivity index (χ0) is 19.3. The Hall–Kier alpha value is -2.62. The molecule has 146 valence electrons. The molecule has 1 aliphatic carbocycles. The van der Waals surface area contributed by atoms with Crippen molar-refractivity contribution in [1.82, 2.24) is 10.2 Å². The number of hydrogen-bond acceptors (Lipinski definition) is 2. The molecule has 0 spiro atoms. The highest BCUT2D eigenvalue weighted by molar-refractivity contribution is 5.98. The summed E-state index contributed by atoms with van der Waals surface area (Å²) in [5, 5.41) is 3.26. The lowest BCUT2D eigenvalue weighted by molar-refractivity contribution is -0.127. The molecule has 28 heavy (non-hydrogen) atoms. The first-order chi connectivity index (χ1) is 13.7. The molecule has 0 radical (unpaired) electrons. The maximum Gasteiger partial charge on any atom is 0.254 e. The Morgan fingerprint density at radius 3 is 2.18 bits per heavy atom. The molecule has 0 saturated heterocycles. The van der Waals surface area contributed by atoms with E-state index in [1.807, 2.05) is 42.5 Å². The van der Waals surface area contributed by atoms with Gasteiger partial charge >= 0.3 is 0 Å². The molecule has 2 aromatic rings. The van der Waals surface area contributed by atoms with Crippen LogP contribution in [0.1, 0.15) is 60.0 Å². The molecular formula is C24H28N2O2. The van der Waals surface area contributed by atoms with Crippen LogP contribution in [0, 0.1) is 0 Å². The van der Waals surface area contributed by atoms with E-state index in [-0.39, 0.29) is 17.9 Å². The normalized spacial score (nSPS) is 20.1. The SMILES string of the molecule is O=C(NC1CCCCCC1)[C@@H]1Cc2ccccc2CN1C(=O)c1ccccc1. The molecule has 1 saturated carbocycles. The average molecular weight is 377 g/mol. The molecule has 4 nitrogen and oxygen atoms in total. The standard InChI is InChI=1S/C24H28N2O2/c27-23(25-21-14-6-1-2-7-15-21)22-16-19-12-8-9-13-20(19)17-26(22)24(28)18-10-4-3-5-11-18/h3-5,8-13,21-22H,1-2,6-7,14-17H2,(H,25,27)/t22-/m0/s1.